The van der Waals surface area contributed by atoms with E-state index in [0.29, 0.717) is 5.02 Å². The second-order valence-corrected chi connectivity index (χ2v) is 6.21. The first-order chi connectivity index (χ1) is 9.56. The number of hydrogen-bond donors (Lipinski definition) is 1. The minimum atomic E-state index is -0.321. The third-order valence-corrected chi connectivity index (χ3v) is 4.58. The Morgan fingerprint density at radius 2 is 2.15 bits per heavy atom. The van der Waals surface area contributed by atoms with Gasteiger partial charge in [-0.2, -0.15) is 0 Å². The van der Waals surface area contributed by atoms with Crippen LogP contribution in [-0.4, -0.2) is 11.5 Å². The van der Waals surface area contributed by atoms with E-state index in [0.717, 1.165) is 29.2 Å². The van der Waals surface area contributed by atoms with Crippen molar-refractivity contribution in [3.05, 3.63) is 50.2 Å². The molecule has 0 saturated heterocycles. The van der Waals surface area contributed by atoms with Gasteiger partial charge in [0, 0.05) is 9.90 Å². The third-order valence-electron chi connectivity index (χ3n) is 3.17. The van der Waals surface area contributed by atoms with Crippen LogP contribution >= 0.6 is 22.9 Å². The van der Waals surface area contributed by atoms with Crippen LogP contribution in [0.4, 0.5) is 4.39 Å². The molecule has 0 aliphatic carbocycles. The highest BCUT2D eigenvalue weighted by Crippen LogP contribution is 2.32. The fourth-order valence-electron chi connectivity index (χ4n) is 2.17. The van der Waals surface area contributed by atoms with Gasteiger partial charge in [-0.1, -0.05) is 31.5 Å². The highest BCUT2D eigenvalue weighted by atomic mass is 35.5. The molecule has 0 radical (unpaired) electrons. The molecule has 2 aromatic rings. The maximum Gasteiger partial charge on any atom is 0.124 e. The smallest absolute Gasteiger partial charge is 0.124 e. The Morgan fingerprint density at radius 1 is 1.40 bits per heavy atom. The van der Waals surface area contributed by atoms with Crippen molar-refractivity contribution in [3.8, 4) is 0 Å². The zero-order valence-electron chi connectivity index (χ0n) is 11.8. The fourth-order valence-corrected chi connectivity index (χ4v) is 3.55. The average Bonchev–Trinajstić information content (AvgIpc) is 2.78. The van der Waals surface area contributed by atoms with Crippen LogP contribution in [0.15, 0.2) is 18.2 Å². The molecular formula is C15H18ClFN2S. The maximum absolute atomic E-state index is 13.2. The number of benzene rings is 1. The van der Waals surface area contributed by atoms with Gasteiger partial charge in [-0.15, -0.1) is 11.3 Å². The van der Waals surface area contributed by atoms with Gasteiger partial charge in [-0.3, -0.25) is 0 Å². The molecular weight excluding hydrogens is 295 g/mol. The van der Waals surface area contributed by atoms with E-state index in [1.54, 1.807) is 17.4 Å². The maximum atomic E-state index is 13.2. The van der Waals surface area contributed by atoms with Crippen LogP contribution in [0.2, 0.25) is 5.02 Å². The Bertz CT molecular complexity index is 598. The van der Waals surface area contributed by atoms with Gasteiger partial charge >= 0.3 is 0 Å². The van der Waals surface area contributed by atoms with Crippen molar-refractivity contribution in [2.45, 2.75) is 33.2 Å². The monoisotopic (exact) mass is 312 g/mol. The Kier molecular flexibility index (Phi) is 5.13. The first-order valence-corrected chi connectivity index (χ1v) is 7.90. The van der Waals surface area contributed by atoms with Crippen molar-refractivity contribution in [2.24, 2.45) is 0 Å². The molecule has 1 aromatic heterocycles. The van der Waals surface area contributed by atoms with Crippen LogP contribution in [0.5, 0.6) is 0 Å². The van der Waals surface area contributed by atoms with Gasteiger partial charge in [-0.25, -0.2) is 9.37 Å². The van der Waals surface area contributed by atoms with E-state index < -0.39 is 0 Å². The van der Waals surface area contributed by atoms with Crippen LogP contribution in [0.3, 0.4) is 0 Å². The summed E-state index contributed by atoms with van der Waals surface area (Å²) in [4.78, 5) is 5.92. The largest absolute Gasteiger partial charge is 0.304 e. The molecule has 1 unspecified atom stereocenters. The molecule has 0 amide bonds. The zero-order chi connectivity index (χ0) is 14.7. The number of rotatable bonds is 5. The molecule has 0 spiro atoms. The number of nitrogens with one attached hydrogen (secondary N) is 1. The topological polar surface area (TPSA) is 24.9 Å². The van der Waals surface area contributed by atoms with Crippen LogP contribution in [0, 0.1) is 12.7 Å². The Morgan fingerprint density at radius 3 is 2.70 bits per heavy atom. The molecule has 0 aliphatic rings. The van der Waals surface area contributed by atoms with Crippen LogP contribution in [0.1, 0.15) is 41.0 Å². The van der Waals surface area contributed by atoms with E-state index in [-0.39, 0.29) is 11.9 Å². The number of thiazole rings is 1. The molecule has 1 atom stereocenters. The number of aromatic nitrogens is 1. The minimum Gasteiger partial charge on any atom is -0.304 e. The molecule has 1 aromatic carbocycles. The van der Waals surface area contributed by atoms with Crippen molar-refractivity contribution in [3.63, 3.8) is 0 Å². The quantitative estimate of drug-likeness (QED) is 0.879. The van der Waals surface area contributed by atoms with Crippen molar-refractivity contribution in [1.29, 1.82) is 0 Å². The molecule has 20 heavy (non-hydrogen) atoms. The van der Waals surface area contributed by atoms with Gasteiger partial charge in [0.25, 0.3) is 0 Å². The summed E-state index contributed by atoms with van der Waals surface area (Å²) in [7, 11) is 0. The van der Waals surface area contributed by atoms with Crippen molar-refractivity contribution >= 4 is 22.9 Å². The number of hydrogen-bond acceptors (Lipinski definition) is 3. The lowest BCUT2D eigenvalue weighted by molar-refractivity contribution is 0.611. The average molecular weight is 313 g/mol. The van der Waals surface area contributed by atoms with E-state index in [1.807, 2.05) is 6.92 Å². The molecule has 0 aliphatic heterocycles. The molecule has 2 rings (SSSR count). The zero-order valence-corrected chi connectivity index (χ0v) is 13.4. The lowest BCUT2D eigenvalue weighted by Crippen LogP contribution is -2.22. The van der Waals surface area contributed by atoms with Crippen molar-refractivity contribution in [1.82, 2.24) is 10.3 Å². The Labute approximate surface area is 128 Å². The van der Waals surface area contributed by atoms with Gasteiger partial charge < -0.3 is 5.32 Å². The van der Waals surface area contributed by atoms with E-state index in [2.05, 4.69) is 19.2 Å². The second-order valence-electron chi connectivity index (χ2n) is 4.57. The molecule has 0 fully saturated rings. The van der Waals surface area contributed by atoms with E-state index in [4.69, 9.17) is 16.6 Å². The van der Waals surface area contributed by atoms with Crippen LogP contribution in [0.25, 0.3) is 0 Å². The number of halogens is 2. The summed E-state index contributed by atoms with van der Waals surface area (Å²) in [6, 6.07) is 4.43. The highest BCUT2D eigenvalue weighted by molar-refractivity contribution is 7.11. The van der Waals surface area contributed by atoms with Crippen LogP contribution in [-0.2, 0) is 6.42 Å². The minimum absolute atomic E-state index is 0.0860. The summed E-state index contributed by atoms with van der Waals surface area (Å²) in [5, 5.41) is 4.79. The van der Waals surface area contributed by atoms with E-state index in [1.165, 1.54) is 17.0 Å². The van der Waals surface area contributed by atoms with Crippen LogP contribution < -0.4 is 5.32 Å². The van der Waals surface area contributed by atoms with Gasteiger partial charge in [0.15, 0.2) is 0 Å². The SMILES string of the molecule is CCNC(c1nc(CC)c(C)s1)c1ccc(F)cc1Cl. The standard InChI is InChI=1S/C15H18ClFN2S/c1-4-13-9(3)20-15(19-13)14(18-5-2)11-7-6-10(17)8-12(11)16/h6-8,14,18H,4-5H2,1-3H3. The summed E-state index contributed by atoms with van der Waals surface area (Å²) < 4.78 is 13.2. The molecule has 0 saturated carbocycles. The summed E-state index contributed by atoms with van der Waals surface area (Å²) in [6.45, 7) is 7.00. The normalized spacial score (nSPS) is 12.7. The van der Waals surface area contributed by atoms with E-state index in [9.17, 15) is 4.39 Å². The Balaban J connectivity index is 2.44. The summed E-state index contributed by atoms with van der Waals surface area (Å²) in [6.07, 6.45) is 0.915. The highest BCUT2D eigenvalue weighted by Gasteiger charge is 2.21. The molecule has 2 nitrogen and oxygen atoms in total. The summed E-state index contributed by atoms with van der Waals surface area (Å²) in [5.74, 6) is -0.321. The van der Waals surface area contributed by atoms with Crippen molar-refractivity contribution < 1.29 is 4.39 Å². The van der Waals surface area contributed by atoms with Crippen molar-refractivity contribution in [2.75, 3.05) is 6.54 Å². The predicted molar refractivity (Wildman–Crippen MR) is 83.2 cm³/mol. The van der Waals surface area contributed by atoms with Gasteiger partial charge in [0.1, 0.15) is 10.8 Å². The lowest BCUT2D eigenvalue weighted by atomic mass is 10.1. The molecule has 1 N–H and O–H groups in total. The molecule has 5 heteroatoms. The lowest BCUT2D eigenvalue weighted by Gasteiger charge is -2.17. The predicted octanol–water partition coefficient (Wildman–Crippen LogP) is 4.51. The summed E-state index contributed by atoms with van der Waals surface area (Å²) in [5.41, 5.74) is 1.98. The number of nitrogens with zero attached hydrogens (tertiary/aromatic N) is 1. The van der Waals surface area contributed by atoms with Gasteiger partial charge in [0.2, 0.25) is 0 Å². The first kappa shape index (κ1) is 15.4. The number of aryl methyl sites for hydroxylation is 2. The van der Waals surface area contributed by atoms with Gasteiger partial charge in [0.05, 0.1) is 11.7 Å². The molecule has 1 heterocycles. The summed E-state index contributed by atoms with van der Waals surface area (Å²) >= 11 is 7.86. The fraction of sp³-hybridized carbons (Fsp3) is 0.400. The molecule has 108 valence electrons. The second kappa shape index (κ2) is 6.66. The Hall–Kier alpha value is -0.970. The van der Waals surface area contributed by atoms with Gasteiger partial charge in [-0.05, 0) is 37.6 Å². The first-order valence-electron chi connectivity index (χ1n) is 6.71. The van der Waals surface area contributed by atoms with E-state index >= 15 is 0 Å². The molecule has 0 bridgehead atoms. The third kappa shape index (κ3) is 3.19.